The molecule has 2 heteroatoms. The van der Waals surface area contributed by atoms with Crippen LogP contribution in [0.15, 0.2) is 24.8 Å². The van der Waals surface area contributed by atoms with Gasteiger partial charge in [0.2, 0.25) is 0 Å². The monoisotopic (exact) mass is 205 g/mol. The van der Waals surface area contributed by atoms with Gasteiger partial charge in [0.25, 0.3) is 0 Å². The van der Waals surface area contributed by atoms with E-state index in [-0.39, 0.29) is 11.7 Å². The van der Waals surface area contributed by atoms with Crippen molar-refractivity contribution in [1.29, 1.82) is 5.26 Å². The zero-order valence-corrected chi connectivity index (χ0v) is 9.46. The zero-order valence-electron chi connectivity index (χ0n) is 9.46. The number of allylic oxidation sites excluding steroid dienone is 2. The van der Waals surface area contributed by atoms with E-state index in [0.717, 1.165) is 18.4 Å². The summed E-state index contributed by atoms with van der Waals surface area (Å²) >= 11 is 0. The quantitative estimate of drug-likeness (QED) is 0.570. The molecule has 0 bridgehead atoms. The van der Waals surface area contributed by atoms with Crippen LogP contribution in [0.4, 0.5) is 0 Å². The lowest BCUT2D eigenvalue weighted by molar-refractivity contribution is -0.119. The minimum absolute atomic E-state index is 0.171. The van der Waals surface area contributed by atoms with Crippen molar-refractivity contribution in [2.45, 2.75) is 39.0 Å². The Kier molecular flexibility index (Phi) is 7.27. The summed E-state index contributed by atoms with van der Waals surface area (Å²) in [5.41, 5.74) is 1.10. The summed E-state index contributed by atoms with van der Waals surface area (Å²) in [5, 5.41) is 8.76. The summed E-state index contributed by atoms with van der Waals surface area (Å²) < 4.78 is 0. The molecule has 0 spiro atoms. The summed E-state index contributed by atoms with van der Waals surface area (Å²) in [6.45, 7) is 9.31. The van der Waals surface area contributed by atoms with Crippen LogP contribution in [-0.2, 0) is 4.79 Å². The molecule has 0 amide bonds. The highest BCUT2D eigenvalue weighted by atomic mass is 16.1. The van der Waals surface area contributed by atoms with Crippen molar-refractivity contribution >= 4 is 5.78 Å². The second kappa shape index (κ2) is 7.99. The van der Waals surface area contributed by atoms with Gasteiger partial charge in [-0.3, -0.25) is 4.79 Å². The van der Waals surface area contributed by atoms with Gasteiger partial charge in [-0.05, 0) is 26.2 Å². The van der Waals surface area contributed by atoms with E-state index >= 15 is 0 Å². The molecule has 0 saturated heterocycles. The average Bonchev–Trinajstić information content (AvgIpc) is 2.16. The molecule has 0 aromatic rings. The number of carbonyl (C=O) groups is 1. The van der Waals surface area contributed by atoms with Gasteiger partial charge in [0.15, 0.2) is 0 Å². The minimum atomic E-state index is -0.195. The Hall–Kier alpha value is -1.36. The van der Waals surface area contributed by atoms with E-state index in [1.807, 2.05) is 6.92 Å². The molecule has 2 nitrogen and oxygen atoms in total. The van der Waals surface area contributed by atoms with E-state index in [1.165, 1.54) is 0 Å². The minimum Gasteiger partial charge on any atom is -0.300 e. The van der Waals surface area contributed by atoms with Crippen LogP contribution in [0.5, 0.6) is 0 Å². The Morgan fingerprint density at radius 2 is 2.20 bits per heavy atom. The number of carbonyl (C=O) groups excluding carboxylic acids is 1. The second-order valence-electron chi connectivity index (χ2n) is 3.90. The molecule has 0 fully saturated rings. The molecule has 0 radical (unpaired) electrons. The summed E-state index contributed by atoms with van der Waals surface area (Å²) in [4.78, 5) is 11.5. The maximum Gasteiger partial charge on any atom is 0.134 e. The Morgan fingerprint density at radius 3 is 2.67 bits per heavy atom. The van der Waals surface area contributed by atoms with Gasteiger partial charge in [-0.25, -0.2) is 0 Å². The van der Waals surface area contributed by atoms with E-state index in [1.54, 1.807) is 6.08 Å². The van der Waals surface area contributed by atoms with Crippen molar-refractivity contribution in [3.8, 4) is 6.07 Å². The topological polar surface area (TPSA) is 40.9 Å². The van der Waals surface area contributed by atoms with Crippen molar-refractivity contribution in [1.82, 2.24) is 0 Å². The summed E-state index contributed by atoms with van der Waals surface area (Å²) in [6, 6.07) is 2.12. The third kappa shape index (κ3) is 7.69. The molecule has 0 aromatic heterocycles. The van der Waals surface area contributed by atoms with E-state index in [2.05, 4.69) is 19.2 Å². The SMILES string of the molecule is C=CCC(C#N)CC(=O)CCCC(=C)C. The molecule has 1 unspecified atom stereocenters. The van der Waals surface area contributed by atoms with Crippen LogP contribution < -0.4 is 0 Å². The fraction of sp³-hybridized carbons (Fsp3) is 0.538. The standard InChI is InChI=1S/C13H19NO/c1-4-6-12(10-14)9-13(15)8-5-7-11(2)3/h4,12H,1-2,5-9H2,3H3. The molecule has 0 aromatic carbocycles. The lowest BCUT2D eigenvalue weighted by atomic mass is 9.97. The largest absolute Gasteiger partial charge is 0.300 e. The van der Waals surface area contributed by atoms with Gasteiger partial charge in [-0.15, -0.1) is 13.2 Å². The van der Waals surface area contributed by atoms with Crippen LogP contribution in [0, 0.1) is 17.2 Å². The molecule has 0 N–H and O–H groups in total. The molecule has 15 heavy (non-hydrogen) atoms. The predicted molar refractivity (Wildman–Crippen MR) is 62.2 cm³/mol. The van der Waals surface area contributed by atoms with Gasteiger partial charge in [0, 0.05) is 12.8 Å². The van der Waals surface area contributed by atoms with Crippen LogP contribution in [-0.4, -0.2) is 5.78 Å². The van der Waals surface area contributed by atoms with Crippen LogP contribution in [0.1, 0.15) is 39.0 Å². The van der Waals surface area contributed by atoms with Gasteiger partial charge in [-0.1, -0.05) is 11.6 Å². The molecular weight excluding hydrogens is 186 g/mol. The average molecular weight is 205 g/mol. The smallest absolute Gasteiger partial charge is 0.134 e. The van der Waals surface area contributed by atoms with Crippen LogP contribution in [0.2, 0.25) is 0 Å². The highest BCUT2D eigenvalue weighted by Crippen LogP contribution is 2.12. The summed E-state index contributed by atoms with van der Waals surface area (Å²) in [5.74, 6) is -0.0236. The van der Waals surface area contributed by atoms with E-state index < -0.39 is 0 Å². The van der Waals surface area contributed by atoms with Gasteiger partial charge < -0.3 is 0 Å². The van der Waals surface area contributed by atoms with E-state index in [9.17, 15) is 4.79 Å². The number of hydrogen-bond acceptors (Lipinski definition) is 2. The first-order valence-corrected chi connectivity index (χ1v) is 5.26. The summed E-state index contributed by atoms with van der Waals surface area (Å²) in [7, 11) is 0. The van der Waals surface area contributed by atoms with Crippen molar-refractivity contribution in [3.63, 3.8) is 0 Å². The molecule has 0 rings (SSSR count). The Labute approximate surface area is 92.3 Å². The van der Waals surface area contributed by atoms with Crippen molar-refractivity contribution in [2.75, 3.05) is 0 Å². The lowest BCUT2D eigenvalue weighted by Crippen LogP contribution is -2.06. The van der Waals surface area contributed by atoms with Gasteiger partial charge in [0.05, 0.1) is 12.0 Å². The summed E-state index contributed by atoms with van der Waals surface area (Å²) in [6.07, 6.45) is 4.95. The Morgan fingerprint density at radius 1 is 1.53 bits per heavy atom. The number of Topliss-reactive ketones (excluding diaryl/α,β-unsaturated/α-hetero) is 1. The van der Waals surface area contributed by atoms with Crippen LogP contribution in [0.3, 0.4) is 0 Å². The molecule has 0 aliphatic carbocycles. The van der Waals surface area contributed by atoms with E-state index in [0.29, 0.717) is 19.3 Å². The third-order valence-electron chi connectivity index (χ3n) is 2.17. The predicted octanol–water partition coefficient (Wildman–Crippen LogP) is 3.41. The fourth-order valence-electron chi connectivity index (χ4n) is 1.35. The fourth-order valence-corrected chi connectivity index (χ4v) is 1.35. The number of hydrogen-bond donors (Lipinski definition) is 0. The molecule has 0 aliphatic heterocycles. The first-order chi connectivity index (χ1) is 7.10. The lowest BCUT2D eigenvalue weighted by Gasteiger charge is -2.05. The number of ketones is 1. The van der Waals surface area contributed by atoms with Crippen molar-refractivity contribution in [2.24, 2.45) is 5.92 Å². The molecule has 0 saturated carbocycles. The Bertz CT molecular complexity index is 273. The van der Waals surface area contributed by atoms with Gasteiger partial charge in [0.1, 0.15) is 5.78 Å². The van der Waals surface area contributed by atoms with E-state index in [4.69, 9.17) is 5.26 Å². The van der Waals surface area contributed by atoms with Crippen molar-refractivity contribution in [3.05, 3.63) is 24.8 Å². The second-order valence-corrected chi connectivity index (χ2v) is 3.90. The molecule has 0 aliphatic rings. The number of nitrogens with zero attached hydrogens (tertiary/aromatic N) is 1. The molecule has 1 atom stereocenters. The molecule has 82 valence electrons. The first-order valence-electron chi connectivity index (χ1n) is 5.26. The van der Waals surface area contributed by atoms with Gasteiger partial charge in [-0.2, -0.15) is 5.26 Å². The number of rotatable bonds is 8. The first kappa shape index (κ1) is 13.6. The third-order valence-corrected chi connectivity index (χ3v) is 2.17. The number of nitriles is 1. The normalized spacial score (nSPS) is 11.5. The van der Waals surface area contributed by atoms with Crippen LogP contribution in [0.25, 0.3) is 0 Å². The highest BCUT2D eigenvalue weighted by Gasteiger charge is 2.11. The molecular formula is C13H19NO. The van der Waals surface area contributed by atoms with Crippen molar-refractivity contribution < 1.29 is 4.79 Å². The maximum absolute atomic E-state index is 11.5. The maximum atomic E-state index is 11.5. The van der Waals surface area contributed by atoms with Gasteiger partial charge >= 0.3 is 0 Å². The zero-order chi connectivity index (χ0) is 11.7. The highest BCUT2D eigenvalue weighted by molar-refractivity contribution is 5.78. The Balaban J connectivity index is 3.77. The molecule has 0 heterocycles. The van der Waals surface area contributed by atoms with Crippen LogP contribution >= 0.6 is 0 Å².